The Morgan fingerprint density at radius 3 is 2.75 bits per heavy atom. The number of ketones is 1. The molecule has 3 rings (SSSR count). The second kappa shape index (κ2) is 5.04. The zero-order valence-corrected chi connectivity index (χ0v) is 12.4. The summed E-state index contributed by atoms with van der Waals surface area (Å²) in [5, 5.41) is 1.17. The number of halogens is 3. The van der Waals surface area contributed by atoms with Crippen LogP contribution in [0.15, 0.2) is 47.1 Å². The Hall–Kier alpha value is -1.65. The molecule has 1 aromatic heterocycles. The second-order valence-electron chi connectivity index (χ2n) is 4.35. The first-order valence-corrected chi connectivity index (χ1v) is 7.00. The summed E-state index contributed by atoms with van der Waals surface area (Å²) in [6.07, 6.45) is 1.58. The van der Waals surface area contributed by atoms with E-state index in [4.69, 9.17) is 11.6 Å². The van der Waals surface area contributed by atoms with Crippen molar-refractivity contribution in [3.05, 3.63) is 69.0 Å². The molecule has 0 atom stereocenters. The molecule has 2 aromatic carbocycles. The highest BCUT2D eigenvalue weighted by molar-refractivity contribution is 9.10. The number of aromatic nitrogens is 1. The maximum absolute atomic E-state index is 13.2. The van der Waals surface area contributed by atoms with Crippen molar-refractivity contribution < 1.29 is 9.18 Å². The Bertz CT molecular complexity index is 828. The van der Waals surface area contributed by atoms with Crippen molar-refractivity contribution in [2.45, 2.75) is 0 Å². The zero-order chi connectivity index (χ0) is 14.3. The minimum atomic E-state index is -0.345. The number of hydrogen-bond acceptors (Lipinski definition) is 1. The fourth-order valence-electron chi connectivity index (χ4n) is 2.10. The summed E-state index contributed by atoms with van der Waals surface area (Å²) in [4.78, 5) is 15.5. The Morgan fingerprint density at radius 2 is 1.95 bits per heavy atom. The summed E-state index contributed by atoms with van der Waals surface area (Å²) in [6.45, 7) is 0. The van der Waals surface area contributed by atoms with Gasteiger partial charge in [-0.15, -0.1) is 0 Å². The molecule has 0 aliphatic rings. The Labute approximate surface area is 127 Å². The zero-order valence-electron chi connectivity index (χ0n) is 10.1. The van der Waals surface area contributed by atoms with E-state index in [2.05, 4.69) is 20.9 Å². The molecule has 100 valence electrons. The molecule has 0 aliphatic heterocycles. The maximum Gasteiger partial charge on any atom is 0.196 e. The Balaban J connectivity index is 2.15. The van der Waals surface area contributed by atoms with E-state index < -0.39 is 0 Å². The molecular weight excluding hydrogens is 345 g/mol. The number of nitrogens with one attached hydrogen (secondary N) is 1. The lowest BCUT2D eigenvalue weighted by Gasteiger charge is -2.03. The smallest absolute Gasteiger partial charge is 0.196 e. The third-order valence-corrected chi connectivity index (χ3v) is 3.99. The van der Waals surface area contributed by atoms with E-state index in [1.807, 2.05) is 0 Å². The summed E-state index contributed by atoms with van der Waals surface area (Å²) in [6, 6.07) is 9.32. The van der Waals surface area contributed by atoms with Crippen molar-refractivity contribution in [1.82, 2.24) is 4.98 Å². The van der Waals surface area contributed by atoms with Crippen molar-refractivity contribution >= 4 is 44.2 Å². The molecule has 0 saturated heterocycles. The van der Waals surface area contributed by atoms with Crippen LogP contribution in [0.5, 0.6) is 0 Å². The van der Waals surface area contributed by atoms with Crippen molar-refractivity contribution in [2.75, 3.05) is 0 Å². The lowest BCUT2D eigenvalue weighted by atomic mass is 10.0. The minimum absolute atomic E-state index is 0.169. The minimum Gasteiger partial charge on any atom is -0.360 e. The number of rotatable bonds is 2. The average Bonchev–Trinajstić information content (AvgIpc) is 2.83. The molecule has 0 saturated carbocycles. The third-order valence-electron chi connectivity index (χ3n) is 3.06. The summed E-state index contributed by atoms with van der Waals surface area (Å²) in [7, 11) is 0. The van der Waals surface area contributed by atoms with Crippen LogP contribution in [-0.2, 0) is 0 Å². The van der Waals surface area contributed by atoms with Crippen LogP contribution in [0.4, 0.5) is 4.39 Å². The van der Waals surface area contributed by atoms with E-state index in [0.717, 1.165) is 0 Å². The summed E-state index contributed by atoms with van der Waals surface area (Å²) < 4.78 is 13.8. The van der Waals surface area contributed by atoms with E-state index >= 15 is 0 Å². The highest BCUT2D eigenvalue weighted by Crippen LogP contribution is 2.27. The van der Waals surface area contributed by atoms with Crippen LogP contribution in [-0.4, -0.2) is 10.8 Å². The number of carbonyl (C=O) groups is 1. The molecule has 1 N–H and O–H groups in total. The van der Waals surface area contributed by atoms with Gasteiger partial charge in [-0.3, -0.25) is 4.79 Å². The number of fused-ring (bicyclic) bond motifs is 1. The van der Waals surface area contributed by atoms with E-state index in [1.165, 1.54) is 12.1 Å². The van der Waals surface area contributed by atoms with Gasteiger partial charge in [0.2, 0.25) is 0 Å². The molecule has 0 radical (unpaired) electrons. The van der Waals surface area contributed by atoms with E-state index in [9.17, 15) is 9.18 Å². The van der Waals surface area contributed by atoms with Crippen LogP contribution < -0.4 is 0 Å². The van der Waals surface area contributed by atoms with Crippen LogP contribution in [0.3, 0.4) is 0 Å². The summed E-state index contributed by atoms with van der Waals surface area (Å²) in [5.41, 5.74) is 1.55. The topological polar surface area (TPSA) is 32.9 Å². The fourth-order valence-corrected chi connectivity index (χ4v) is 2.70. The maximum atomic E-state index is 13.2. The predicted octanol–water partition coefficient (Wildman–Crippen LogP) is 4.95. The van der Waals surface area contributed by atoms with E-state index in [-0.39, 0.29) is 11.6 Å². The van der Waals surface area contributed by atoms with Gasteiger partial charge in [-0.05, 0) is 36.4 Å². The number of carbonyl (C=O) groups excluding carboxylic acids is 1. The van der Waals surface area contributed by atoms with Crippen LogP contribution >= 0.6 is 27.5 Å². The van der Waals surface area contributed by atoms with Gasteiger partial charge in [0.05, 0.1) is 0 Å². The van der Waals surface area contributed by atoms with Crippen molar-refractivity contribution in [2.24, 2.45) is 0 Å². The van der Waals surface area contributed by atoms with Gasteiger partial charge in [-0.1, -0.05) is 27.5 Å². The van der Waals surface area contributed by atoms with Crippen LogP contribution in [0.2, 0.25) is 5.02 Å². The number of hydrogen-bond donors (Lipinski definition) is 1. The van der Waals surface area contributed by atoms with Gasteiger partial charge in [0.1, 0.15) is 5.82 Å². The highest BCUT2D eigenvalue weighted by Gasteiger charge is 2.17. The van der Waals surface area contributed by atoms with Gasteiger partial charge < -0.3 is 4.98 Å². The lowest BCUT2D eigenvalue weighted by molar-refractivity contribution is 0.103. The molecule has 1 heterocycles. The van der Waals surface area contributed by atoms with Crippen LogP contribution in [0.1, 0.15) is 15.9 Å². The fraction of sp³-hybridized carbons (Fsp3) is 0. The molecule has 0 aliphatic carbocycles. The predicted molar refractivity (Wildman–Crippen MR) is 80.8 cm³/mol. The molecule has 0 fully saturated rings. The monoisotopic (exact) mass is 351 g/mol. The highest BCUT2D eigenvalue weighted by atomic mass is 79.9. The number of benzene rings is 2. The SMILES string of the molecule is O=C(c1cc(Cl)ccc1Br)c1c[nH]c2cc(F)ccc12. The molecule has 20 heavy (non-hydrogen) atoms. The van der Waals surface area contributed by atoms with Crippen molar-refractivity contribution in [1.29, 1.82) is 0 Å². The molecule has 2 nitrogen and oxygen atoms in total. The molecule has 0 amide bonds. The van der Waals surface area contributed by atoms with Gasteiger partial charge in [-0.2, -0.15) is 0 Å². The molecule has 0 bridgehead atoms. The Morgan fingerprint density at radius 1 is 1.15 bits per heavy atom. The van der Waals surface area contributed by atoms with Gasteiger partial charge in [0, 0.05) is 37.7 Å². The second-order valence-corrected chi connectivity index (χ2v) is 5.64. The molecule has 0 unspecified atom stereocenters. The van der Waals surface area contributed by atoms with E-state index in [1.54, 1.807) is 30.5 Å². The largest absolute Gasteiger partial charge is 0.360 e. The van der Waals surface area contributed by atoms with Gasteiger partial charge in [-0.25, -0.2) is 4.39 Å². The normalized spacial score (nSPS) is 10.9. The average molecular weight is 353 g/mol. The van der Waals surface area contributed by atoms with Crippen LogP contribution in [0, 0.1) is 5.82 Å². The quantitative estimate of drug-likeness (QED) is 0.650. The summed E-state index contributed by atoms with van der Waals surface area (Å²) in [5.74, 6) is -0.514. The van der Waals surface area contributed by atoms with Gasteiger partial charge >= 0.3 is 0 Å². The molecule has 5 heteroatoms. The van der Waals surface area contributed by atoms with Gasteiger partial charge in [0.25, 0.3) is 0 Å². The van der Waals surface area contributed by atoms with Gasteiger partial charge in [0.15, 0.2) is 5.78 Å². The van der Waals surface area contributed by atoms with Crippen molar-refractivity contribution in [3.63, 3.8) is 0 Å². The molecule has 0 spiro atoms. The Kier molecular flexibility index (Phi) is 3.36. The molecule has 3 aromatic rings. The third kappa shape index (κ3) is 2.25. The first-order chi connectivity index (χ1) is 9.56. The van der Waals surface area contributed by atoms with Crippen LogP contribution in [0.25, 0.3) is 10.9 Å². The number of H-pyrrole nitrogens is 1. The standard InChI is InChI=1S/C15H8BrClFNO/c16-13-4-1-8(17)5-11(13)15(20)12-7-19-14-6-9(18)2-3-10(12)14/h1-7,19H. The first kappa shape index (κ1) is 13.3. The number of aromatic amines is 1. The van der Waals surface area contributed by atoms with E-state index in [0.29, 0.717) is 31.5 Å². The first-order valence-electron chi connectivity index (χ1n) is 5.82. The molecular formula is C15H8BrClFNO. The lowest BCUT2D eigenvalue weighted by Crippen LogP contribution is -2.01. The summed E-state index contributed by atoms with van der Waals surface area (Å²) >= 11 is 9.27. The van der Waals surface area contributed by atoms with Crippen molar-refractivity contribution in [3.8, 4) is 0 Å².